The molecule has 22 heavy (non-hydrogen) atoms. The van der Waals surface area contributed by atoms with Crippen molar-refractivity contribution in [2.45, 2.75) is 0 Å². The van der Waals surface area contributed by atoms with E-state index in [2.05, 4.69) is 20.6 Å². The predicted molar refractivity (Wildman–Crippen MR) is 89.2 cm³/mol. The maximum Gasteiger partial charge on any atom is 0.323 e. The first-order chi connectivity index (χ1) is 10.8. The van der Waals surface area contributed by atoms with Crippen LogP contribution in [0.4, 0.5) is 16.2 Å². The molecule has 0 radical (unpaired) electrons. The molecule has 2 aromatic heterocycles. The fraction of sp³-hybridized carbons (Fsp3) is 0. The summed E-state index contributed by atoms with van der Waals surface area (Å²) in [5.74, 6) is 0. The number of benzene rings is 2. The number of urea groups is 1. The SMILES string of the molecule is O=C(Nc1ccc2[nH]ccc2c1)Nc1ccc2[nH]ccc2c1. The molecular weight excluding hydrogens is 276 g/mol. The molecule has 4 rings (SSSR count). The second-order valence-corrected chi connectivity index (χ2v) is 5.14. The van der Waals surface area contributed by atoms with Crippen LogP contribution in [0.2, 0.25) is 0 Å². The number of fused-ring (bicyclic) bond motifs is 2. The van der Waals surface area contributed by atoms with E-state index in [9.17, 15) is 4.79 Å². The summed E-state index contributed by atoms with van der Waals surface area (Å²) in [5, 5.41) is 7.81. The van der Waals surface area contributed by atoms with Crippen LogP contribution in [0.3, 0.4) is 0 Å². The Kier molecular flexibility index (Phi) is 2.83. The lowest BCUT2D eigenvalue weighted by Gasteiger charge is -2.08. The third-order valence-corrected chi connectivity index (χ3v) is 3.62. The molecule has 0 saturated carbocycles. The Balaban J connectivity index is 1.51. The van der Waals surface area contributed by atoms with Crippen molar-refractivity contribution in [1.29, 1.82) is 0 Å². The van der Waals surface area contributed by atoms with E-state index in [-0.39, 0.29) is 6.03 Å². The highest BCUT2D eigenvalue weighted by Crippen LogP contribution is 2.20. The summed E-state index contributed by atoms with van der Waals surface area (Å²) in [7, 11) is 0. The number of carbonyl (C=O) groups excluding carboxylic acids is 1. The van der Waals surface area contributed by atoms with Crippen molar-refractivity contribution in [3.05, 3.63) is 60.9 Å². The Hall–Kier alpha value is -3.21. The molecular formula is C17H14N4O. The van der Waals surface area contributed by atoms with E-state index < -0.39 is 0 Å². The molecule has 0 aliphatic heterocycles. The standard InChI is InChI=1S/C17H14N4O/c22-17(20-13-1-3-15-11(9-13)5-7-18-15)21-14-2-4-16-12(10-14)6-8-19-16/h1-10,18-19H,(H2,20,21,22). The van der Waals surface area contributed by atoms with Gasteiger partial charge >= 0.3 is 6.03 Å². The average Bonchev–Trinajstić information content (AvgIpc) is 3.14. The van der Waals surface area contributed by atoms with Crippen LogP contribution in [-0.2, 0) is 0 Å². The van der Waals surface area contributed by atoms with Crippen molar-refractivity contribution < 1.29 is 4.79 Å². The number of aromatic nitrogens is 2. The Morgan fingerprint density at radius 3 is 1.73 bits per heavy atom. The highest BCUT2D eigenvalue weighted by atomic mass is 16.2. The minimum absolute atomic E-state index is 0.259. The maximum absolute atomic E-state index is 12.1. The van der Waals surface area contributed by atoms with Crippen LogP contribution in [0.15, 0.2) is 60.9 Å². The summed E-state index contributed by atoms with van der Waals surface area (Å²) in [6.07, 6.45) is 3.75. The number of rotatable bonds is 2. The van der Waals surface area contributed by atoms with E-state index in [1.807, 2.05) is 60.9 Å². The first kappa shape index (κ1) is 12.5. The predicted octanol–water partition coefficient (Wildman–Crippen LogP) is 4.29. The van der Waals surface area contributed by atoms with Gasteiger partial charge in [0.2, 0.25) is 0 Å². The maximum atomic E-state index is 12.1. The molecule has 0 spiro atoms. The zero-order valence-electron chi connectivity index (χ0n) is 11.7. The number of aromatic amines is 2. The molecule has 2 aromatic carbocycles. The van der Waals surface area contributed by atoms with Gasteiger partial charge in [-0.05, 0) is 48.5 Å². The first-order valence-electron chi connectivity index (χ1n) is 7.00. The molecule has 4 aromatic rings. The van der Waals surface area contributed by atoms with Crippen LogP contribution in [-0.4, -0.2) is 16.0 Å². The van der Waals surface area contributed by atoms with E-state index in [1.54, 1.807) is 0 Å². The van der Waals surface area contributed by atoms with Crippen LogP contribution in [0.1, 0.15) is 0 Å². The lowest BCUT2D eigenvalue weighted by molar-refractivity contribution is 0.262. The van der Waals surface area contributed by atoms with Crippen LogP contribution >= 0.6 is 0 Å². The quantitative estimate of drug-likeness (QED) is 0.437. The Bertz CT molecular complexity index is 889. The van der Waals surface area contributed by atoms with Gasteiger partial charge in [0.05, 0.1) is 0 Å². The molecule has 4 N–H and O–H groups in total. The molecule has 0 bridgehead atoms. The summed E-state index contributed by atoms with van der Waals surface area (Å²) in [5.41, 5.74) is 3.60. The van der Waals surface area contributed by atoms with Gasteiger partial charge in [0.1, 0.15) is 0 Å². The van der Waals surface area contributed by atoms with Crippen molar-refractivity contribution in [3.8, 4) is 0 Å². The van der Waals surface area contributed by atoms with Gasteiger partial charge in [-0.1, -0.05) is 0 Å². The van der Waals surface area contributed by atoms with Crippen molar-refractivity contribution in [3.63, 3.8) is 0 Å². The van der Waals surface area contributed by atoms with Gasteiger partial charge in [0.25, 0.3) is 0 Å². The molecule has 2 heterocycles. The first-order valence-corrected chi connectivity index (χ1v) is 7.00. The zero-order chi connectivity index (χ0) is 14.9. The molecule has 0 saturated heterocycles. The molecule has 0 fully saturated rings. The van der Waals surface area contributed by atoms with Gasteiger partial charge in [-0.25, -0.2) is 4.79 Å². The largest absolute Gasteiger partial charge is 0.361 e. The van der Waals surface area contributed by atoms with Crippen LogP contribution in [0, 0.1) is 0 Å². The van der Waals surface area contributed by atoms with E-state index >= 15 is 0 Å². The lowest BCUT2D eigenvalue weighted by atomic mass is 10.2. The van der Waals surface area contributed by atoms with E-state index in [1.165, 1.54) is 0 Å². The van der Waals surface area contributed by atoms with Crippen LogP contribution in [0.25, 0.3) is 21.8 Å². The Morgan fingerprint density at radius 2 is 1.23 bits per heavy atom. The van der Waals surface area contributed by atoms with Gasteiger partial charge in [-0.2, -0.15) is 0 Å². The molecule has 0 aliphatic carbocycles. The fourth-order valence-corrected chi connectivity index (χ4v) is 2.56. The van der Waals surface area contributed by atoms with Crippen molar-refractivity contribution >= 4 is 39.2 Å². The smallest absolute Gasteiger partial charge is 0.323 e. The third kappa shape index (κ3) is 2.29. The third-order valence-electron chi connectivity index (χ3n) is 3.62. The number of anilines is 2. The fourth-order valence-electron chi connectivity index (χ4n) is 2.56. The molecule has 5 heteroatoms. The molecule has 0 unspecified atom stereocenters. The number of nitrogens with one attached hydrogen (secondary N) is 4. The topological polar surface area (TPSA) is 72.7 Å². The summed E-state index contributed by atoms with van der Waals surface area (Å²) in [4.78, 5) is 18.3. The van der Waals surface area contributed by atoms with E-state index in [0.717, 1.165) is 33.2 Å². The number of carbonyl (C=O) groups is 1. The number of H-pyrrole nitrogens is 2. The minimum Gasteiger partial charge on any atom is -0.361 e. The van der Waals surface area contributed by atoms with Gasteiger partial charge < -0.3 is 20.6 Å². The minimum atomic E-state index is -0.259. The van der Waals surface area contributed by atoms with Crippen molar-refractivity contribution in [1.82, 2.24) is 9.97 Å². The second kappa shape index (κ2) is 4.96. The van der Waals surface area contributed by atoms with Gasteiger partial charge in [0.15, 0.2) is 0 Å². The van der Waals surface area contributed by atoms with Gasteiger partial charge in [-0.3, -0.25) is 0 Å². The molecule has 5 nitrogen and oxygen atoms in total. The molecule has 0 atom stereocenters. The number of amides is 2. The van der Waals surface area contributed by atoms with E-state index in [4.69, 9.17) is 0 Å². The van der Waals surface area contributed by atoms with Gasteiger partial charge in [0, 0.05) is 45.6 Å². The monoisotopic (exact) mass is 290 g/mol. The average molecular weight is 290 g/mol. The van der Waals surface area contributed by atoms with E-state index in [0.29, 0.717) is 0 Å². The molecule has 2 amide bonds. The van der Waals surface area contributed by atoms with Gasteiger partial charge in [-0.15, -0.1) is 0 Å². The number of hydrogen-bond acceptors (Lipinski definition) is 1. The highest BCUT2D eigenvalue weighted by Gasteiger charge is 2.05. The van der Waals surface area contributed by atoms with Crippen molar-refractivity contribution in [2.24, 2.45) is 0 Å². The molecule has 108 valence electrons. The Morgan fingerprint density at radius 1 is 0.727 bits per heavy atom. The summed E-state index contributed by atoms with van der Waals surface area (Å²) in [6, 6.07) is 15.2. The second-order valence-electron chi connectivity index (χ2n) is 5.14. The summed E-state index contributed by atoms with van der Waals surface area (Å²) in [6.45, 7) is 0. The Labute approximate surface area is 126 Å². The van der Waals surface area contributed by atoms with Crippen LogP contribution in [0.5, 0.6) is 0 Å². The number of hydrogen-bond donors (Lipinski definition) is 4. The summed E-state index contributed by atoms with van der Waals surface area (Å²) < 4.78 is 0. The summed E-state index contributed by atoms with van der Waals surface area (Å²) >= 11 is 0. The highest BCUT2D eigenvalue weighted by molar-refractivity contribution is 6.02. The van der Waals surface area contributed by atoms with Crippen LogP contribution < -0.4 is 10.6 Å². The lowest BCUT2D eigenvalue weighted by Crippen LogP contribution is -2.19. The van der Waals surface area contributed by atoms with Crippen molar-refractivity contribution in [2.75, 3.05) is 10.6 Å². The molecule has 0 aliphatic rings. The zero-order valence-corrected chi connectivity index (χ0v) is 11.7. The normalized spacial score (nSPS) is 10.9.